The molecule has 158 valence electrons. The molecule has 0 aromatic carbocycles. The Labute approximate surface area is 181 Å². The number of aromatic nitrogens is 6. The summed E-state index contributed by atoms with van der Waals surface area (Å²) in [4.78, 5) is 15.6. The predicted molar refractivity (Wildman–Crippen MR) is 115 cm³/mol. The third-order valence-corrected chi connectivity index (χ3v) is 5.97. The fraction of sp³-hybridized carbons (Fsp3) is 0.348. The van der Waals surface area contributed by atoms with Crippen molar-refractivity contribution in [2.75, 3.05) is 13.1 Å². The van der Waals surface area contributed by atoms with Crippen LogP contribution in [0, 0.1) is 6.92 Å². The smallest absolute Gasteiger partial charge is 0.232 e. The largest absolute Gasteiger partial charge is 0.339 e. The molecule has 0 saturated carbocycles. The van der Waals surface area contributed by atoms with Crippen LogP contribution in [-0.4, -0.2) is 47.9 Å². The minimum absolute atomic E-state index is 0.105. The maximum absolute atomic E-state index is 5.75. The van der Waals surface area contributed by atoms with Crippen LogP contribution >= 0.6 is 0 Å². The first-order valence-corrected chi connectivity index (χ1v) is 10.6. The standard InChI is InChI=1S/C23H25N7O/c1-3-30-13-19(16(2)27-30)12-29-14-20(18-5-4-8-25-11-18)21(15-29)23-26-22(28-31-23)17-6-9-24-10-7-17/h4-11,13,20-21H,3,12,14-15H2,1-2H3/t20-,21+/m0/s1. The molecule has 4 aromatic heterocycles. The van der Waals surface area contributed by atoms with E-state index in [9.17, 15) is 0 Å². The lowest BCUT2D eigenvalue weighted by Crippen LogP contribution is -2.20. The van der Waals surface area contributed by atoms with Crippen LogP contribution in [0.3, 0.4) is 0 Å². The third-order valence-electron chi connectivity index (χ3n) is 5.97. The van der Waals surface area contributed by atoms with Gasteiger partial charge in [-0.1, -0.05) is 11.2 Å². The topological polar surface area (TPSA) is 85.8 Å². The van der Waals surface area contributed by atoms with Gasteiger partial charge in [0.05, 0.1) is 11.6 Å². The zero-order chi connectivity index (χ0) is 21.2. The Hall–Kier alpha value is -3.39. The van der Waals surface area contributed by atoms with Crippen LogP contribution in [0.25, 0.3) is 11.4 Å². The van der Waals surface area contributed by atoms with Crippen molar-refractivity contribution in [3.8, 4) is 11.4 Å². The lowest BCUT2D eigenvalue weighted by Gasteiger charge is -2.15. The van der Waals surface area contributed by atoms with Crippen molar-refractivity contribution in [3.05, 3.63) is 78.0 Å². The number of rotatable bonds is 6. The fourth-order valence-electron chi connectivity index (χ4n) is 4.32. The second-order valence-corrected chi connectivity index (χ2v) is 7.98. The summed E-state index contributed by atoms with van der Waals surface area (Å²) in [7, 11) is 0. The lowest BCUT2D eigenvalue weighted by atomic mass is 9.90. The van der Waals surface area contributed by atoms with E-state index < -0.39 is 0 Å². The zero-order valence-electron chi connectivity index (χ0n) is 17.7. The molecule has 5 heterocycles. The molecule has 0 aliphatic carbocycles. The molecule has 0 radical (unpaired) electrons. The summed E-state index contributed by atoms with van der Waals surface area (Å²) in [6.07, 6.45) is 9.37. The van der Waals surface area contributed by atoms with Crippen molar-refractivity contribution < 1.29 is 4.52 Å². The molecule has 8 nitrogen and oxygen atoms in total. The van der Waals surface area contributed by atoms with Gasteiger partial charge in [0.1, 0.15) is 0 Å². The van der Waals surface area contributed by atoms with E-state index in [4.69, 9.17) is 9.51 Å². The van der Waals surface area contributed by atoms with Gasteiger partial charge in [-0.2, -0.15) is 10.1 Å². The fourth-order valence-corrected chi connectivity index (χ4v) is 4.32. The minimum atomic E-state index is 0.105. The van der Waals surface area contributed by atoms with E-state index in [2.05, 4.69) is 51.2 Å². The van der Waals surface area contributed by atoms with E-state index in [1.165, 1.54) is 11.1 Å². The van der Waals surface area contributed by atoms with Gasteiger partial charge in [-0.25, -0.2) is 0 Å². The molecule has 0 N–H and O–H groups in total. The van der Waals surface area contributed by atoms with E-state index in [-0.39, 0.29) is 11.8 Å². The highest BCUT2D eigenvalue weighted by atomic mass is 16.5. The molecule has 0 spiro atoms. The number of hydrogen-bond acceptors (Lipinski definition) is 7. The molecule has 1 saturated heterocycles. The Morgan fingerprint density at radius 3 is 2.65 bits per heavy atom. The Balaban J connectivity index is 1.43. The average Bonchev–Trinajstić information content (AvgIpc) is 3.54. The second-order valence-electron chi connectivity index (χ2n) is 7.98. The Kier molecular flexibility index (Phi) is 5.30. The molecule has 1 aliphatic rings. The maximum Gasteiger partial charge on any atom is 0.232 e. The van der Waals surface area contributed by atoms with Gasteiger partial charge < -0.3 is 4.52 Å². The molecule has 8 heteroatoms. The highest BCUT2D eigenvalue weighted by Gasteiger charge is 2.38. The van der Waals surface area contributed by atoms with E-state index in [0.29, 0.717) is 11.7 Å². The molecule has 1 aliphatic heterocycles. The van der Waals surface area contributed by atoms with Crippen LogP contribution in [0.15, 0.2) is 59.8 Å². The molecule has 0 bridgehead atoms. The normalized spacial score (nSPS) is 19.2. The molecule has 1 fully saturated rings. The lowest BCUT2D eigenvalue weighted by molar-refractivity contribution is 0.308. The summed E-state index contributed by atoms with van der Waals surface area (Å²) in [5.74, 6) is 1.61. The van der Waals surface area contributed by atoms with Crippen LogP contribution in [0.2, 0.25) is 0 Å². The van der Waals surface area contributed by atoms with Crippen LogP contribution < -0.4 is 0 Å². The van der Waals surface area contributed by atoms with E-state index in [0.717, 1.165) is 37.4 Å². The first-order chi connectivity index (χ1) is 15.2. The van der Waals surface area contributed by atoms with Crippen molar-refractivity contribution in [3.63, 3.8) is 0 Å². The van der Waals surface area contributed by atoms with Gasteiger partial charge in [-0.15, -0.1) is 0 Å². The molecule has 4 aromatic rings. The summed E-state index contributed by atoms with van der Waals surface area (Å²) in [6.45, 7) is 7.66. The van der Waals surface area contributed by atoms with Gasteiger partial charge >= 0.3 is 0 Å². The number of likely N-dealkylation sites (tertiary alicyclic amines) is 1. The van der Waals surface area contributed by atoms with Gasteiger partial charge in [0.15, 0.2) is 0 Å². The monoisotopic (exact) mass is 415 g/mol. The maximum atomic E-state index is 5.75. The van der Waals surface area contributed by atoms with Crippen molar-refractivity contribution >= 4 is 0 Å². The molecule has 2 atom stereocenters. The number of nitrogens with zero attached hydrogens (tertiary/aromatic N) is 7. The van der Waals surface area contributed by atoms with Crippen LogP contribution in [0.1, 0.15) is 41.5 Å². The SMILES string of the molecule is CCn1cc(CN2C[C@@H](c3cccnc3)[C@H](c3nc(-c4ccncc4)no3)C2)c(C)n1. The quantitative estimate of drug-likeness (QED) is 0.477. The van der Waals surface area contributed by atoms with Gasteiger partial charge in [0, 0.05) is 74.2 Å². The van der Waals surface area contributed by atoms with Gasteiger partial charge in [0.25, 0.3) is 0 Å². The van der Waals surface area contributed by atoms with Gasteiger partial charge in [-0.3, -0.25) is 19.5 Å². The van der Waals surface area contributed by atoms with Gasteiger partial charge in [-0.05, 0) is 37.6 Å². The third kappa shape index (κ3) is 3.98. The molecule has 5 rings (SSSR count). The van der Waals surface area contributed by atoms with Crippen LogP contribution in [-0.2, 0) is 13.1 Å². The zero-order valence-corrected chi connectivity index (χ0v) is 17.7. The van der Waals surface area contributed by atoms with E-state index >= 15 is 0 Å². The summed E-state index contributed by atoms with van der Waals surface area (Å²) in [5.41, 5.74) is 4.44. The molecule has 31 heavy (non-hydrogen) atoms. The highest BCUT2D eigenvalue weighted by Crippen LogP contribution is 2.40. The predicted octanol–water partition coefficient (Wildman–Crippen LogP) is 3.43. The second kappa shape index (κ2) is 8.39. The number of aryl methyl sites for hydroxylation is 2. The van der Waals surface area contributed by atoms with Gasteiger partial charge in [0.2, 0.25) is 11.7 Å². The minimum Gasteiger partial charge on any atom is -0.339 e. The Morgan fingerprint density at radius 2 is 1.90 bits per heavy atom. The van der Waals surface area contributed by atoms with Crippen LogP contribution in [0.5, 0.6) is 0 Å². The van der Waals surface area contributed by atoms with E-state index in [1.807, 2.05) is 35.3 Å². The number of pyridine rings is 2. The van der Waals surface area contributed by atoms with Crippen LogP contribution in [0.4, 0.5) is 0 Å². The first kappa shape index (κ1) is 19.6. The van der Waals surface area contributed by atoms with Crippen molar-refractivity contribution in [1.82, 2.24) is 34.8 Å². The molecular weight excluding hydrogens is 390 g/mol. The summed E-state index contributed by atoms with van der Waals surface area (Å²) >= 11 is 0. The average molecular weight is 416 g/mol. The number of hydrogen-bond donors (Lipinski definition) is 0. The van der Waals surface area contributed by atoms with Crippen molar-refractivity contribution in [2.45, 2.75) is 38.8 Å². The molecule has 0 unspecified atom stereocenters. The Morgan fingerprint density at radius 1 is 1.06 bits per heavy atom. The Bertz CT molecular complexity index is 1140. The summed E-state index contributed by atoms with van der Waals surface area (Å²) in [5, 5.41) is 8.83. The molecular formula is C23H25N7O. The highest BCUT2D eigenvalue weighted by molar-refractivity contribution is 5.52. The van der Waals surface area contributed by atoms with E-state index in [1.54, 1.807) is 12.4 Å². The summed E-state index contributed by atoms with van der Waals surface area (Å²) in [6, 6.07) is 7.90. The first-order valence-electron chi connectivity index (χ1n) is 10.6. The van der Waals surface area contributed by atoms with Crippen molar-refractivity contribution in [1.29, 1.82) is 0 Å². The van der Waals surface area contributed by atoms with Crippen molar-refractivity contribution in [2.24, 2.45) is 0 Å². The molecule has 0 amide bonds. The summed E-state index contributed by atoms with van der Waals surface area (Å²) < 4.78 is 7.75.